The summed E-state index contributed by atoms with van der Waals surface area (Å²) in [7, 11) is 1.60. The molecule has 156 valence electrons. The van der Waals surface area contributed by atoms with Gasteiger partial charge in [0, 0.05) is 39.4 Å². The normalized spacial score (nSPS) is 19.1. The molecule has 2 fully saturated rings. The Bertz CT molecular complexity index is 700. The molecule has 0 saturated carbocycles. The number of hydrogen-bond acceptors (Lipinski definition) is 4. The molecule has 6 nitrogen and oxygen atoms in total. The maximum absolute atomic E-state index is 13.9. The van der Waals surface area contributed by atoms with Crippen LogP contribution in [0.5, 0.6) is 0 Å². The Balaban J connectivity index is 0.00000280. The number of piperidine rings is 1. The fourth-order valence-corrected chi connectivity index (χ4v) is 3.88. The molecule has 9 heteroatoms. The van der Waals surface area contributed by atoms with E-state index in [1.54, 1.807) is 12.0 Å². The van der Waals surface area contributed by atoms with Crippen molar-refractivity contribution in [1.82, 2.24) is 15.1 Å². The lowest BCUT2D eigenvalue weighted by atomic mass is 9.78. The van der Waals surface area contributed by atoms with Gasteiger partial charge in [0.1, 0.15) is 11.6 Å². The van der Waals surface area contributed by atoms with E-state index in [1.807, 2.05) is 0 Å². The summed E-state index contributed by atoms with van der Waals surface area (Å²) in [5.74, 6) is -2.00. The Morgan fingerprint density at radius 3 is 2.29 bits per heavy atom. The van der Waals surface area contributed by atoms with Crippen LogP contribution in [0.15, 0.2) is 18.2 Å². The van der Waals surface area contributed by atoms with Gasteiger partial charge in [-0.1, -0.05) is 0 Å². The van der Waals surface area contributed by atoms with E-state index in [-0.39, 0.29) is 23.9 Å². The van der Waals surface area contributed by atoms with Crippen LogP contribution in [0, 0.1) is 17.0 Å². The van der Waals surface area contributed by atoms with Crippen molar-refractivity contribution in [1.29, 1.82) is 0 Å². The highest BCUT2D eigenvalue weighted by Crippen LogP contribution is 2.32. The number of piperazine rings is 1. The maximum atomic E-state index is 13.9. The lowest BCUT2D eigenvalue weighted by Gasteiger charge is -2.42. The smallest absolute Gasteiger partial charge is 0.256 e. The van der Waals surface area contributed by atoms with E-state index >= 15 is 0 Å². The molecule has 1 aromatic rings. The highest BCUT2D eigenvalue weighted by molar-refractivity contribution is 5.94. The first-order chi connectivity index (χ1) is 13.0. The van der Waals surface area contributed by atoms with E-state index < -0.39 is 23.0 Å². The average molecular weight is 418 g/mol. The van der Waals surface area contributed by atoms with E-state index in [4.69, 9.17) is 4.74 Å². The maximum Gasteiger partial charge on any atom is 0.256 e. The van der Waals surface area contributed by atoms with Crippen molar-refractivity contribution < 1.29 is 23.1 Å². The topological polar surface area (TPSA) is 61.9 Å². The number of carbonyl (C=O) groups is 2. The average Bonchev–Trinajstić information content (AvgIpc) is 2.68. The van der Waals surface area contributed by atoms with E-state index in [9.17, 15) is 18.4 Å². The number of methoxy groups -OCH3 is 1. The summed E-state index contributed by atoms with van der Waals surface area (Å²) in [5, 5.41) is 3.26. The predicted octanol–water partition coefficient (Wildman–Crippen LogP) is 1.69. The van der Waals surface area contributed by atoms with Crippen LogP contribution in [-0.4, -0.2) is 74.6 Å². The van der Waals surface area contributed by atoms with Crippen LogP contribution in [0.3, 0.4) is 0 Å². The zero-order valence-corrected chi connectivity index (χ0v) is 16.7. The van der Waals surface area contributed by atoms with Crippen molar-refractivity contribution >= 4 is 24.2 Å². The molecule has 0 aromatic heterocycles. The molecule has 1 aromatic carbocycles. The number of benzene rings is 1. The summed E-state index contributed by atoms with van der Waals surface area (Å²) in [6.45, 7) is 3.37. The molecule has 0 spiro atoms. The third-order valence-electron chi connectivity index (χ3n) is 5.45. The van der Waals surface area contributed by atoms with Crippen molar-refractivity contribution in [3.63, 3.8) is 0 Å². The predicted molar refractivity (Wildman–Crippen MR) is 103 cm³/mol. The molecule has 0 atom stereocenters. The minimum Gasteiger partial charge on any atom is -0.384 e. The number of nitrogens with zero attached hydrogens (tertiary/aromatic N) is 2. The molecule has 2 aliphatic rings. The van der Waals surface area contributed by atoms with Crippen LogP contribution in [-0.2, 0) is 9.53 Å². The largest absolute Gasteiger partial charge is 0.384 e. The fourth-order valence-electron chi connectivity index (χ4n) is 3.88. The van der Waals surface area contributed by atoms with Crippen LogP contribution < -0.4 is 5.32 Å². The minimum absolute atomic E-state index is 0. The summed E-state index contributed by atoms with van der Waals surface area (Å²) in [6.07, 6.45) is 1.44. The molecule has 0 unspecified atom stereocenters. The SMILES string of the molecule is COCC1(C(=O)N2CCN(C(=O)c3ccc(F)cc3F)CC2)CCNCC1.Cl. The molecule has 0 radical (unpaired) electrons. The van der Waals surface area contributed by atoms with E-state index in [0.717, 1.165) is 38.1 Å². The molecule has 1 N–H and O–H groups in total. The fraction of sp³-hybridized carbons (Fsp3) is 0.579. The third-order valence-corrected chi connectivity index (χ3v) is 5.45. The first-order valence-corrected chi connectivity index (χ1v) is 9.20. The van der Waals surface area contributed by atoms with Crippen LogP contribution in [0.2, 0.25) is 0 Å². The van der Waals surface area contributed by atoms with Gasteiger partial charge in [0.05, 0.1) is 17.6 Å². The molecular formula is C19H26ClF2N3O3. The first kappa shape index (κ1) is 22.5. The standard InChI is InChI=1S/C19H25F2N3O3.ClH/c1-27-13-19(4-6-22-7-5-19)18(26)24-10-8-23(9-11-24)17(25)15-3-2-14(20)12-16(15)21;/h2-3,12,22H,4-11,13H2,1H3;1H. The summed E-state index contributed by atoms with van der Waals surface area (Å²) in [6, 6.07) is 2.94. The summed E-state index contributed by atoms with van der Waals surface area (Å²) in [4.78, 5) is 28.9. The number of carbonyl (C=O) groups excluding carboxylic acids is 2. The number of halogens is 3. The van der Waals surface area contributed by atoms with Crippen LogP contribution in [0.4, 0.5) is 8.78 Å². The second-order valence-corrected chi connectivity index (χ2v) is 7.17. The van der Waals surface area contributed by atoms with Crippen molar-refractivity contribution in [2.24, 2.45) is 5.41 Å². The van der Waals surface area contributed by atoms with Crippen molar-refractivity contribution in [3.05, 3.63) is 35.4 Å². The van der Waals surface area contributed by atoms with E-state index in [2.05, 4.69) is 5.32 Å². The molecule has 2 saturated heterocycles. The van der Waals surface area contributed by atoms with Gasteiger partial charge >= 0.3 is 0 Å². The molecule has 28 heavy (non-hydrogen) atoms. The Morgan fingerprint density at radius 2 is 1.71 bits per heavy atom. The number of ether oxygens (including phenoxy) is 1. The van der Waals surface area contributed by atoms with E-state index in [1.165, 1.54) is 4.90 Å². The highest BCUT2D eigenvalue weighted by atomic mass is 35.5. The zero-order valence-electron chi connectivity index (χ0n) is 15.9. The van der Waals surface area contributed by atoms with Gasteiger partial charge in [-0.3, -0.25) is 9.59 Å². The molecular weight excluding hydrogens is 392 g/mol. The van der Waals surface area contributed by atoms with Gasteiger partial charge in [-0.05, 0) is 38.1 Å². The molecule has 2 amide bonds. The second-order valence-electron chi connectivity index (χ2n) is 7.17. The third kappa shape index (κ3) is 4.61. The molecule has 2 aliphatic heterocycles. The van der Waals surface area contributed by atoms with E-state index in [0.29, 0.717) is 38.9 Å². The molecule has 0 aliphatic carbocycles. The monoisotopic (exact) mass is 417 g/mol. The van der Waals surface area contributed by atoms with Gasteiger partial charge < -0.3 is 19.9 Å². The van der Waals surface area contributed by atoms with Gasteiger partial charge in [-0.2, -0.15) is 0 Å². The van der Waals surface area contributed by atoms with Gasteiger partial charge in [0.25, 0.3) is 5.91 Å². The first-order valence-electron chi connectivity index (χ1n) is 9.20. The lowest BCUT2D eigenvalue weighted by Crippen LogP contribution is -2.57. The zero-order chi connectivity index (χ0) is 19.4. The van der Waals surface area contributed by atoms with Crippen molar-refractivity contribution in [2.75, 3.05) is 53.0 Å². The molecule has 0 bridgehead atoms. The Labute approximate surface area is 169 Å². The minimum atomic E-state index is -0.868. The van der Waals surface area contributed by atoms with Crippen LogP contribution >= 0.6 is 12.4 Å². The number of rotatable bonds is 4. The second kappa shape index (κ2) is 9.62. The number of nitrogens with one attached hydrogen (secondary N) is 1. The van der Waals surface area contributed by atoms with Gasteiger partial charge in [-0.25, -0.2) is 8.78 Å². The van der Waals surface area contributed by atoms with Crippen LogP contribution in [0.1, 0.15) is 23.2 Å². The summed E-state index contributed by atoms with van der Waals surface area (Å²) >= 11 is 0. The van der Waals surface area contributed by atoms with Gasteiger partial charge in [-0.15, -0.1) is 12.4 Å². The Morgan fingerprint density at radius 1 is 1.11 bits per heavy atom. The Hall–Kier alpha value is -1.77. The van der Waals surface area contributed by atoms with Gasteiger partial charge in [0.2, 0.25) is 5.91 Å². The summed E-state index contributed by atoms with van der Waals surface area (Å²) in [5.41, 5.74) is -0.666. The van der Waals surface area contributed by atoms with Crippen molar-refractivity contribution in [3.8, 4) is 0 Å². The molecule has 2 heterocycles. The quantitative estimate of drug-likeness (QED) is 0.809. The van der Waals surface area contributed by atoms with Crippen molar-refractivity contribution in [2.45, 2.75) is 12.8 Å². The number of hydrogen-bond donors (Lipinski definition) is 1. The molecule has 3 rings (SSSR count). The lowest BCUT2D eigenvalue weighted by molar-refractivity contribution is -0.149. The summed E-state index contributed by atoms with van der Waals surface area (Å²) < 4.78 is 32.2. The number of amides is 2. The Kier molecular flexibility index (Phi) is 7.74. The van der Waals surface area contributed by atoms with Crippen LogP contribution in [0.25, 0.3) is 0 Å². The highest BCUT2D eigenvalue weighted by Gasteiger charge is 2.43. The van der Waals surface area contributed by atoms with Gasteiger partial charge in [0.15, 0.2) is 0 Å².